The fourth-order valence-electron chi connectivity index (χ4n) is 3.67. The number of carbonyl (C=O) groups is 2. The predicted molar refractivity (Wildman–Crippen MR) is 66.2 cm³/mol. The molecule has 6 nitrogen and oxygen atoms in total. The zero-order valence-electron chi connectivity index (χ0n) is 11.5. The summed E-state index contributed by atoms with van der Waals surface area (Å²) in [6.45, 7) is 2.44. The van der Waals surface area contributed by atoms with Crippen LogP contribution in [0.3, 0.4) is 0 Å². The third kappa shape index (κ3) is 2.03. The normalized spacial score (nSPS) is 33.6. The summed E-state index contributed by atoms with van der Waals surface area (Å²) in [4.78, 5) is 24.4. The first kappa shape index (κ1) is 14.3. The average Bonchev–Trinajstić information content (AvgIpc) is 2.45. The molecule has 2 bridgehead atoms. The molecule has 1 saturated carbocycles. The van der Waals surface area contributed by atoms with Gasteiger partial charge in [-0.15, -0.1) is 0 Å². The van der Waals surface area contributed by atoms with Crippen LogP contribution in [0.15, 0.2) is 0 Å². The number of rotatable bonds is 3. The summed E-state index contributed by atoms with van der Waals surface area (Å²) in [6.07, 6.45) is 0.646. The minimum atomic E-state index is -1.33. The lowest BCUT2D eigenvalue weighted by Crippen LogP contribution is -2.68. The van der Waals surface area contributed by atoms with E-state index in [1.807, 2.05) is 0 Å². The second kappa shape index (κ2) is 5.09. The van der Waals surface area contributed by atoms with E-state index in [9.17, 15) is 14.7 Å². The van der Waals surface area contributed by atoms with Gasteiger partial charge in [-0.2, -0.15) is 0 Å². The Morgan fingerprint density at radius 1 is 1.32 bits per heavy atom. The van der Waals surface area contributed by atoms with Crippen molar-refractivity contribution in [3.8, 4) is 0 Å². The van der Waals surface area contributed by atoms with E-state index in [4.69, 9.17) is 9.47 Å². The molecule has 6 heteroatoms. The molecule has 2 aliphatic heterocycles. The van der Waals surface area contributed by atoms with Gasteiger partial charge in [0.1, 0.15) is 0 Å². The van der Waals surface area contributed by atoms with Crippen LogP contribution in [0.1, 0.15) is 19.8 Å². The Labute approximate surface area is 112 Å². The highest BCUT2D eigenvalue weighted by Gasteiger charge is 2.63. The molecule has 1 aliphatic carbocycles. The van der Waals surface area contributed by atoms with Crippen LogP contribution in [0, 0.1) is 17.3 Å². The van der Waals surface area contributed by atoms with Gasteiger partial charge < -0.3 is 19.9 Å². The van der Waals surface area contributed by atoms with E-state index >= 15 is 0 Å². The fraction of sp³-hybridized carbons (Fsp3) is 0.846. The second-order valence-corrected chi connectivity index (χ2v) is 5.55. The topological polar surface area (TPSA) is 84.9 Å². The zero-order valence-corrected chi connectivity index (χ0v) is 11.5. The molecule has 2 heterocycles. The molecule has 3 aliphatic rings. The van der Waals surface area contributed by atoms with Crippen LogP contribution in [0.25, 0.3) is 0 Å². The van der Waals surface area contributed by atoms with E-state index in [1.165, 1.54) is 14.2 Å². The van der Waals surface area contributed by atoms with E-state index in [2.05, 4.69) is 5.32 Å². The van der Waals surface area contributed by atoms with Crippen LogP contribution in [-0.2, 0) is 19.1 Å². The highest BCUT2D eigenvalue weighted by Crippen LogP contribution is 2.48. The van der Waals surface area contributed by atoms with Gasteiger partial charge in [-0.1, -0.05) is 0 Å². The van der Waals surface area contributed by atoms with Gasteiger partial charge in [0, 0.05) is 12.0 Å². The molecule has 19 heavy (non-hydrogen) atoms. The van der Waals surface area contributed by atoms with Crippen molar-refractivity contribution >= 4 is 11.9 Å². The highest BCUT2D eigenvalue weighted by molar-refractivity contribution is 6.01. The number of fused-ring (bicyclic) bond motifs is 3. The predicted octanol–water partition coefficient (Wildman–Crippen LogP) is -0.302. The third-order valence-electron chi connectivity index (χ3n) is 4.52. The van der Waals surface area contributed by atoms with Crippen molar-refractivity contribution < 1.29 is 24.2 Å². The molecule has 0 radical (unpaired) electrons. The van der Waals surface area contributed by atoms with Gasteiger partial charge in [0.15, 0.2) is 5.41 Å². The molecule has 0 aromatic heterocycles. The summed E-state index contributed by atoms with van der Waals surface area (Å²) in [5.74, 6) is -1.13. The van der Waals surface area contributed by atoms with Crippen LogP contribution in [-0.4, -0.2) is 50.0 Å². The number of hydrogen-bond donors (Lipinski definition) is 2. The van der Waals surface area contributed by atoms with Crippen molar-refractivity contribution in [2.75, 3.05) is 20.8 Å². The molecule has 4 atom stereocenters. The first-order valence-electron chi connectivity index (χ1n) is 6.55. The van der Waals surface area contributed by atoms with Gasteiger partial charge in [0.05, 0.1) is 20.3 Å². The molecule has 2 N–H and O–H groups in total. The summed E-state index contributed by atoms with van der Waals surface area (Å²) in [5, 5.41) is 13.1. The molecule has 3 fully saturated rings. The Hall–Kier alpha value is -1.14. The lowest BCUT2D eigenvalue weighted by molar-refractivity contribution is -0.183. The molecule has 0 amide bonds. The molecular weight excluding hydrogens is 250 g/mol. The SMILES string of the molecule is COC(=O)C1(C(=O)OC)C[C@@H]2CN[C@H]1[C@@H]([C@@H](C)O)C2. The molecule has 2 saturated heterocycles. The summed E-state index contributed by atoms with van der Waals surface area (Å²) in [7, 11) is 2.54. The average molecular weight is 271 g/mol. The van der Waals surface area contributed by atoms with Crippen LogP contribution >= 0.6 is 0 Å². The van der Waals surface area contributed by atoms with E-state index < -0.39 is 29.5 Å². The molecule has 3 rings (SSSR count). The monoisotopic (exact) mass is 271 g/mol. The lowest BCUT2D eigenvalue weighted by Gasteiger charge is -2.53. The van der Waals surface area contributed by atoms with Gasteiger partial charge in [-0.3, -0.25) is 9.59 Å². The van der Waals surface area contributed by atoms with Crippen molar-refractivity contribution in [3.63, 3.8) is 0 Å². The van der Waals surface area contributed by atoms with Gasteiger partial charge in [0.25, 0.3) is 0 Å². The standard InChI is InChI=1S/C13H21NO5/c1-7(15)9-4-8-5-13(11(16)18-2,12(17)19-3)10(9)14-6-8/h7-10,14-15H,4-6H2,1-3H3/t7-,8-,9-,10+/m1/s1. The Morgan fingerprint density at radius 2 is 1.89 bits per heavy atom. The number of piperidine rings is 2. The Morgan fingerprint density at radius 3 is 2.32 bits per heavy atom. The number of ether oxygens (including phenoxy) is 2. The maximum Gasteiger partial charge on any atom is 0.324 e. The first-order chi connectivity index (χ1) is 8.97. The lowest BCUT2D eigenvalue weighted by atomic mass is 9.58. The summed E-state index contributed by atoms with van der Waals surface area (Å²) >= 11 is 0. The van der Waals surface area contributed by atoms with Crippen molar-refractivity contribution in [1.29, 1.82) is 0 Å². The van der Waals surface area contributed by atoms with E-state index in [1.54, 1.807) is 6.92 Å². The number of aliphatic hydroxyl groups excluding tert-OH is 1. The molecule has 108 valence electrons. The highest BCUT2D eigenvalue weighted by atomic mass is 16.5. The largest absolute Gasteiger partial charge is 0.468 e. The third-order valence-corrected chi connectivity index (χ3v) is 4.52. The Balaban J connectivity index is 2.43. The van der Waals surface area contributed by atoms with E-state index in [-0.39, 0.29) is 11.8 Å². The molecule has 0 spiro atoms. The molecule has 0 aromatic carbocycles. The molecular formula is C13H21NO5. The minimum Gasteiger partial charge on any atom is -0.468 e. The number of aliphatic hydroxyl groups is 1. The van der Waals surface area contributed by atoms with E-state index in [0.717, 1.165) is 13.0 Å². The number of methoxy groups -OCH3 is 2. The number of carbonyl (C=O) groups excluding carboxylic acids is 2. The van der Waals surface area contributed by atoms with Crippen molar-refractivity contribution in [1.82, 2.24) is 5.32 Å². The number of nitrogens with one attached hydrogen (secondary N) is 1. The van der Waals surface area contributed by atoms with Crippen LogP contribution < -0.4 is 5.32 Å². The Kier molecular flexibility index (Phi) is 3.82. The van der Waals surface area contributed by atoms with Crippen LogP contribution in [0.4, 0.5) is 0 Å². The summed E-state index contributed by atoms with van der Waals surface area (Å²) < 4.78 is 9.67. The van der Waals surface area contributed by atoms with Gasteiger partial charge >= 0.3 is 11.9 Å². The number of hydrogen-bond acceptors (Lipinski definition) is 6. The van der Waals surface area contributed by atoms with Crippen molar-refractivity contribution in [3.05, 3.63) is 0 Å². The van der Waals surface area contributed by atoms with Crippen LogP contribution in [0.2, 0.25) is 0 Å². The maximum atomic E-state index is 12.2. The molecule has 0 unspecified atom stereocenters. The molecule has 0 aromatic rings. The van der Waals surface area contributed by atoms with Crippen molar-refractivity contribution in [2.45, 2.75) is 31.9 Å². The van der Waals surface area contributed by atoms with Crippen LogP contribution in [0.5, 0.6) is 0 Å². The first-order valence-corrected chi connectivity index (χ1v) is 6.55. The summed E-state index contributed by atoms with van der Waals surface area (Å²) in [5.41, 5.74) is -1.33. The Bertz CT molecular complexity index is 365. The van der Waals surface area contributed by atoms with E-state index in [0.29, 0.717) is 6.42 Å². The smallest absolute Gasteiger partial charge is 0.324 e. The van der Waals surface area contributed by atoms with Gasteiger partial charge in [0.2, 0.25) is 0 Å². The summed E-state index contributed by atoms with van der Waals surface area (Å²) in [6, 6.07) is -0.433. The fourth-order valence-corrected chi connectivity index (χ4v) is 3.67. The quantitative estimate of drug-likeness (QED) is 0.541. The second-order valence-electron chi connectivity index (χ2n) is 5.55. The van der Waals surface area contributed by atoms with Gasteiger partial charge in [-0.25, -0.2) is 0 Å². The van der Waals surface area contributed by atoms with Gasteiger partial charge in [-0.05, 0) is 32.2 Å². The minimum absolute atomic E-state index is 0.148. The van der Waals surface area contributed by atoms with Crippen molar-refractivity contribution in [2.24, 2.45) is 17.3 Å². The number of esters is 2. The zero-order chi connectivity index (χ0) is 14.2. The maximum absolute atomic E-state index is 12.2.